The second kappa shape index (κ2) is 5.29. The molecule has 0 fully saturated rings. The molecule has 2 nitrogen and oxygen atoms in total. The van der Waals surface area contributed by atoms with Crippen LogP contribution in [0.1, 0.15) is 24.0 Å². The second-order valence-electron chi connectivity index (χ2n) is 3.32. The van der Waals surface area contributed by atoms with Crippen molar-refractivity contribution in [2.45, 2.75) is 26.2 Å². The summed E-state index contributed by atoms with van der Waals surface area (Å²) in [7, 11) is 1.68. The lowest BCUT2D eigenvalue weighted by Crippen LogP contribution is -1.90. The molecule has 0 aliphatic rings. The summed E-state index contributed by atoms with van der Waals surface area (Å²) >= 11 is 0. The zero-order valence-corrected chi connectivity index (χ0v) is 8.71. The monoisotopic (exact) mass is 189 g/mol. The van der Waals surface area contributed by atoms with Crippen LogP contribution in [-0.4, -0.2) is 7.11 Å². The number of nitriles is 1. The van der Waals surface area contributed by atoms with Gasteiger partial charge in [-0.05, 0) is 37.0 Å². The van der Waals surface area contributed by atoms with Gasteiger partial charge in [0.05, 0.1) is 13.2 Å². The maximum absolute atomic E-state index is 8.41. The lowest BCUT2D eigenvalue weighted by molar-refractivity contribution is 0.411. The van der Waals surface area contributed by atoms with Gasteiger partial charge in [0.15, 0.2) is 0 Å². The Morgan fingerprint density at radius 2 is 2.21 bits per heavy atom. The van der Waals surface area contributed by atoms with Crippen molar-refractivity contribution in [2.24, 2.45) is 0 Å². The molecule has 0 unspecified atom stereocenters. The van der Waals surface area contributed by atoms with Crippen LogP contribution in [0.5, 0.6) is 5.75 Å². The summed E-state index contributed by atoms with van der Waals surface area (Å²) in [4.78, 5) is 0. The third kappa shape index (κ3) is 2.77. The molecule has 0 N–H and O–H groups in total. The van der Waals surface area contributed by atoms with Gasteiger partial charge in [-0.25, -0.2) is 0 Å². The number of nitrogens with zero attached hydrogens (tertiary/aromatic N) is 1. The molecule has 74 valence electrons. The van der Waals surface area contributed by atoms with Crippen LogP contribution in [0.3, 0.4) is 0 Å². The van der Waals surface area contributed by atoms with Gasteiger partial charge >= 0.3 is 0 Å². The van der Waals surface area contributed by atoms with Crippen molar-refractivity contribution in [2.75, 3.05) is 7.11 Å². The number of benzene rings is 1. The van der Waals surface area contributed by atoms with Gasteiger partial charge in [-0.1, -0.05) is 12.1 Å². The third-order valence-corrected chi connectivity index (χ3v) is 2.23. The van der Waals surface area contributed by atoms with Gasteiger partial charge in [0.2, 0.25) is 0 Å². The number of hydrogen-bond acceptors (Lipinski definition) is 2. The average Bonchev–Trinajstić information content (AvgIpc) is 2.21. The summed E-state index contributed by atoms with van der Waals surface area (Å²) in [5.74, 6) is 0.930. The first-order chi connectivity index (χ1) is 6.77. The SMILES string of the molecule is COc1cc(CCCC#N)ccc1C. The lowest BCUT2D eigenvalue weighted by Gasteiger charge is -2.06. The summed E-state index contributed by atoms with van der Waals surface area (Å²) in [5.41, 5.74) is 2.39. The maximum Gasteiger partial charge on any atom is 0.122 e. The third-order valence-electron chi connectivity index (χ3n) is 2.23. The standard InChI is InChI=1S/C12H15NO/c1-10-6-7-11(5-3-4-8-13)9-12(10)14-2/h6-7,9H,3-5H2,1-2H3. The van der Waals surface area contributed by atoms with Gasteiger partial charge < -0.3 is 4.74 Å². The molecule has 0 aliphatic heterocycles. The lowest BCUT2D eigenvalue weighted by atomic mass is 10.1. The summed E-state index contributed by atoms with van der Waals surface area (Å²) in [6.45, 7) is 2.03. The fourth-order valence-electron chi connectivity index (χ4n) is 1.39. The molecular weight excluding hydrogens is 174 g/mol. The molecule has 0 radical (unpaired) electrons. The van der Waals surface area contributed by atoms with Crippen LogP contribution >= 0.6 is 0 Å². The van der Waals surface area contributed by atoms with E-state index in [-0.39, 0.29) is 0 Å². The van der Waals surface area contributed by atoms with Crippen LogP contribution in [0.2, 0.25) is 0 Å². The number of ether oxygens (including phenoxy) is 1. The molecule has 14 heavy (non-hydrogen) atoms. The zero-order valence-electron chi connectivity index (χ0n) is 8.71. The van der Waals surface area contributed by atoms with Crippen LogP contribution in [-0.2, 0) is 6.42 Å². The van der Waals surface area contributed by atoms with E-state index < -0.39 is 0 Å². The highest BCUT2D eigenvalue weighted by Gasteiger charge is 1.99. The van der Waals surface area contributed by atoms with Crippen LogP contribution in [0.4, 0.5) is 0 Å². The Kier molecular flexibility index (Phi) is 4.00. The number of hydrogen-bond donors (Lipinski definition) is 0. The number of methoxy groups -OCH3 is 1. The van der Waals surface area contributed by atoms with Crippen molar-refractivity contribution in [3.05, 3.63) is 29.3 Å². The Morgan fingerprint density at radius 3 is 2.86 bits per heavy atom. The van der Waals surface area contributed by atoms with Crippen molar-refractivity contribution in [3.63, 3.8) is 0 Å². The maximum atomic E-state index is 8.41. The second-order valence-corrected chi connectivity index (χ2v) is 3.32. The average molecular weight is 189 g/mol. The predicted octanol–water partition coefficient (Wildman–Crippen LogP) is 2.85. The van der Waals surface area contributed by atoms with Crippen LogP contribution in [0.25, 0.3) is 0 Å². The van der Waals surface area contributed by atoms with E-state index in [1.54, 1.807) is 7.11 Å². The molecule has 0 saturated heterocycles. The Hall–Kier alpha value is -1.49. The molecule has 0 aliphatic carbocycles. The van der Waals surface area contributed by atoms with Gasteiger partial charge in [-0.2, -0.15) is 5.26 Å². The van der Waals surface area contributed by atoms with E-state index in [0.717, 1.165) is 24.2 Å². The molecule has 1 rings (SSSR count). The molecule has 0 amide bonds. The molecule has 0 saturated carbocycles. The molecule has 1 aromatic carbocycles. The highest BCUT2D eigenvalue weighted by Crippen LogP contribution is 2.19. The van der Waals surface area contributed by atoms with Crippen molar-refractivity contribution >= 4 is 0 Å². The first-order valence-corrected chi connectivity index (χ1v) is 4.78. The number of unbranched alkanes of at least 4 members (excludes halogenated alkanes) is 1. The molecular formula is C12H15NO. The van der Waals surface area contributed by atoms with E-state index in [1.807, 2.05) is 13.0 Å². The van der Waals surface area contributed by atoms with Crippen LogP contribution in [0.15, 0.2) is 18.2 Å². The quantitative estimate of drug-likeness (QED) is 0.682. The fourth-order valence-corrected chi connectivity index (χ4v) is 1.39. The van der Waals surface area contributed by atoms with E-state index in [1.165, 1.54) is 5.56 Å². The van der Waals surface area contributed by atoms with Gasteiger partial charge in [0.1, 0.15) is 5.75 Å². The minimum absolute atomic E-state index is 0.621. The normalized spacial score (nSPS) is 9.50. The highest BCUT2D eigenvalue weighted by atomic mass is 16.5. The Bertz CT molecular complexity index is 339. The van der Waals surface area contributed by atoms with Gasteiger partial charge in [0.25, 0.3) is 0 Å². The van der Waals surface area contributed by atoms with Gasteiger partial charge in [-0.15, -0.1) is 0 Å². The van der Waals surface area contributed by atoms with Gasteiger partial charge in [-0.3, -0.25) is 0 Å². The van der Waals surface area contributed by atoms with Crippen molar-refractivity contribution in [1.82, 2.24) is 0 Å². The number of rotatable bonds is 4. The summed E-state index contributed by atoms with van der Waals surface area (Å²) < 4.78 is 5.23. The van der Waals surface area contributed by atoms with Crippen molar-refractivity contribution in [3.8, 4) is 11.8 Å². The smallest absolute Gasteiger partial charge is 0.122 e. The van der Waals surface area contributed by atoms with Crippen molar-refractivity contribution in [1.29, 1.82) is 5.26 Å². The first-order valence-electron chi connectivity index (χ1n) is 4.78. The van der Waals surface area contributed by atoms with Crippen molar-refractivity contribution < 1.29 is 4.74 Å². The molecule has 0 atom stereocenters. The van der Waals surface area contributed by atoms with E-state index in [2.05, 4.69) is 18.2 Å². The van der Waals surface area contributed by atoms with E-state index in [9.17, 15) is 0 Å². The van der Waals surface area contributed by atoms with E-state index >= 15 is 0 Å². The zero-order chi connectivity index (χ0) is 10.4. The first kappa shape index (κ1) is 10.6. The van der Waals surface area contributed by atoms with Gasteiger partial charge in [0, 0.05) is 6.42 Å². The molecule has 1 aromatic rings. The Morgan fingerprint density at radius 1 is 1.43 bits per heavy atom. The molecule has 0 spiro atoms. The molecule has 2 heteroatoms. The van der Waals surface area contributed by atoms with E-state index in [0.29, 0.717) is 6.42 Å². The summed E-state index contributed by atoms with van der Waals surface area (Å²) in [6, 6.07) is 8.34. The largest absolute Gasteiger partial charge is 0.496 e. The minimum atomic E-state index is 0.621. The molecule has 0 heterocycles. The minimum Gasteiger partial charge on any atom is -0.496 e. The number of aryl methyl sites for hydroxylation is 2. The summed E-state index contributed by atoms with van der Waals surface area (Å²) in [5, 5.41) is 8.41. The fraction of sp³-hybridized carbons (Fsp3) is 0.417. The highest BCUT2D eigenvalue weighted by molar-refractivity contribution is 5.36. The summed E-state index contributed by atoms with van der Waals surface area (Å²) in [6.07, 6.45) is 2.49. The van der Waals surface area contributed by atoms with E-state index in [4.69, 9.17) is 10.00 Å². The predicted molar refractivity (Wildman–Crippen MR) is 56.3 cm³/mol. The van der Waals surface area contributed by atoms with Crippen LogP contribution < -0.4 is 4.74 Å². The Balaban J connectivity index is 2.65. The molecule has 0 bridgehead atoms. The Labute approximate surface area is 85.1 Å². The topological polar surface area (TPSA) is 33.0 Å². The molecule has 0 aromatic heterocycles. The van der Waals surface area contributed by atoms with Crippen LogP contribution in [0, 0.1) is 18.3 Å².